The zero-order valence-electron chi connectivity index (χ0n) is 13.3. The number of fused-ring (bicyclic) bond motifs is 1. The molecule has 8 nitrogen and oxygen atoms in total. The van der Waals surface area contributed by atoms with Gasteiger partial charge in [0.1, 0.15) is 0 Å². The van der Waals surface area contributed by atoms with E-state index in [4.69, 9.17) is 4.65 Å². The van der Waals surface area contributed by atoms with Crippen molar-refractivity contribution < 1.29 is 14.5 Å². The Morgan fingerprint density at radius 3 is 3.08 bits per heavy atom. The fraction of sp³-hybridized carbons (Fsp3) is 0.125. The van der Waals surface area contributed by atoms with Crippen LogP contribution in [-0.4, -0.2) is 38.0 Å². The number of nitrogens with one attached hydrogen (secondary N) is 1. The maximum atomic E-state index is 12.4. The van der Waals surface area contributed by atoms with Gasteiger partial charge in [0, 0.05) is 11.9 Å². The van der Waals surface area contributed by atoms with Crippen LogP contribution < -0.4 is 10.8 Å². The molecule has 1 aliphatic heterocycles. The van der Waals surface area contributed by atoms with Crippen LogP contribution in [0.1, 0.15) is 29.1 Å². The quantitative estimate of drug-likeness (QED) is 0.683. The summed E-state index contributed by atoms with van der Waals surface area (Å²) >= 11 is 0. The summed E-state index contributed by atoms with van der Waals surface area (Å²) in [6.07, 6.45) is 4.63. The Morgan fingerprint density at radius 2 is 2.28 bits per heavy atom. The Morgan fingerprint density at radius 1 is 1.40 bits per heavy atom. The van der Waals surface area contributed by atoms with Gasteiger partial charge < -0.3 is 15.0 Å². The van der Waals surface area contributed by atoms with E-state index < -0.39 is 13.0 Å². The molecule has 25 heavy (non-hydrogen) atoms. The predicted octanol–water partition coefficient (Wildman–Crippen LogP) is 0.693. The average Bonchev–Trinajstić information content (AvgIpc) is 3.22. The van der Waals surface area contributed by atoms with Crippen LogP contribution in [0.15, 0.2) is 48.9 Å². The minimum absolute atomic E-state index is 0.172. The van der Waals surface area contributed by atoms with Crippen molar-refractivity contribution in [3.63, 3.8) is 0 Å². The lowest BCUT2D eigenvalue weighted by atomic mass is 9.79. The SMILES string of the molecule is CC1OB(O)c2cc(NC(=O)c3cn(-c4cccnc4)nn3)ccc21. The average molecular weight is 335 g/mol. The van der Waals surface area contributed by atoms with Crippen LogP contribution in [0.5, 0.6) is 0 Å². The van der Waals surface area contributed by atoms with Gasteiger partial charge in [0.05, 0.1) is 24.2 Å². The van der Waals surface area contributed by atoms with Gasteiger partial charge in [-0.25, -0.2) is 4.68 Å². The summed E-state index contributed by atoms with van der Waals surface area (Å²) in [5.74, 6) is -0.392. The number of rotatable bonds is 3. The molecule has 1 amide bonds. The Hall–Kier alpha value is -3.04. The molecule has 0 saturated heterocycles. The zero-order chi connectivity index (χ0) is 17.4. The number of hydrogen-bond donors (Lipinski definition) is 2. The van der Waals surface area contributed by atoms with Crippen molar-refractivity contribution in [3.05, 3.63) is 60.2 Å². The van der Waals surface area contributed by atoms with Gasteiger partial charge in [0.2, 0.25) is 0 Å². The Bertz CT molecular complexity index is 931. The molecular formula is C16H14BN5O3. The Labute approximate surface area is 143 Å². The first-order valence-corrected chi connectivity index (χ1v) is 7.73. The van der Waals surface area contributed by atoms with Gasteiger partial charge in [-0.15, -0.1) is 5.10 Å². The summed E-state index contributed by atoms with van der Waals surface area (Å²) in [6.45, 7) is 1.87. The number of benzene rings is 1. The minimum atomic E-state index is -0.978. The molecule has 124 valence electrons. The molecule has 1 aromatic carbocycles. The standard InChI is InChI=1S/C16H14BN5O3/c1-10-13-5-4-11(7-14(13)17(24)25-10)19-16(23)15-9-22(21-20-15)12-3-2-6-18-8-12/h2-10,24H,1H3,(H,19,23). The van der Waals surface area contributed by atoms with E-state index >= 15 is 0 Å². The van der Waals surface area contributed by atoms with Gasteiger partial charge >= 0.3 is 7.12 Å². The second-order valence-electron chi connectivity index (χ2n) is 5.69. The first-order valence-electron chi connectivity index (χ1n) is 7.73. The molecule has 0 saturated carbocycles. The van der Waals surface area contributed by atoms with Crippen LogP contribution in [0.25, 0.3) is 5.69 Å². The topological polar surface area (TPSA) is 102 Å². The highest BCUT2D eigenvalue weighted by molar-refractivity contribution is 6.61. The van der Waals surface area contributed by atoms with E-state index in [1.165, 1.54) is 10.9 Å². The van der Waals surface area contributed by atoms with Crippen LogP contribution in [-0.2, 0) is 4.65 Å². The second-order valence-corrected chi connectivity index (χ2v) is 5.69. The van der Waals surface area contributed by atoms with Gasteiger partial charge in [0.25, 0.3) is 5.91 Å². The van der Waals surface area contributed by atoms with Crippen molar-refractivity contribution >= 4 is 24.2 Å². The third-order valence-electron chi connectivity index (χ3n) is 4.02. The van der Waals surface area contributed by atoms with E-state index in [2.05, 4.69) is 20.6 Å². The zero-order valence-corrected chi connectivity index (χ0v) is 13.3. The highest BCUT2D eigenvalue weighted by atomic mass is 16.5. The van der Waals surface area contributed by atoms with Gasteiger partial charge in [-0.2, -0.15) is 0 Å². The Balaban J connectivity index is 1.53. The fourth-order valence-electron chi connectivity index (χ4n) is 2.75. The van der Waals surface area contributed by atoms with E-state index in [0.717, 1.165) is 5.56 Å². The fourth-order valence-corrected chi connectivity index (χ4v) is 2.75. The van der Waals surface area contributed by atoms with E-state index in [1.54, 1.807) is 30.6 Å². The maximum Gasteiger partial charge on any atom is 0.492 e. The number of aromatic nitrogens is 4. The molecule has 9 heteroatoms. The molecule has 3 aromatic rings. The molecule has 0 radical (unpaired) electrons. The molecule has 0 bridgehead atoms. The van der Waals surface area contributed by atoms with Crippen LogP contribution in [0, 0.1) is 0 Å². The molecule has 2 N–H and O–H groups in total. The highest BCUT2D eigenvalue weighted by Crippen LogP contribution is 2.24. The lowest BCUT2D eigenvalue weighted by Gasteiger charge is -2.07. The minimum Gasteiger partial charge on any atom is -0.423 e. The van der Waals surface area contributed by atoms with Crippen LogP contribution in [0.2, 0.25) is 0 Å². The van der Waals surface area contributed by atoms with Crippen molar-refractivity contribution in [2.24, 2.45) is 0 Å². The molecule has 4 rings (SSSR count). The number of hydrogen-bond acceptors (Lipinski definition) is 6. The molecule has 0 aliphatic carbocycles. The molecule has 1 atom stereocenters. The van der Waals surface area contributed by atoms with E-state index in [9.17, 15) is 9.82 Å². The summed E-state index contributed by atoms with van der Waals surface area (Å²) in [4.78, 5) is 16.4. The highest BCUT2D eigenvalue weighted by Gasteiger charge is 2.32. The van der Waals surface area contributed by atoms with Gasteiger partial charge in [-0.3, -0.25) is 9.78 Å². The van der Waals surface area contributed by atoms with Gasteiger partial charge in [-0.05, 0) is 42.2 Å². The first kappa shape index (κ1) is 15.5. The van der Waals surface area contributed by atoms with E-state index in [-0.39, 0.29) is 11.8 Å². The maximum absolute atomic E-state index is 12.4. The molecule has 0 spiro atoms. The number of nitrogens with zero attached hydrogens (tertiary/aromatic N) is 4. The smallest absolute Gasteiger partial charge is 0.423 e. The van der Waals surface area contributed by atoms with E-state index in [0.29, 0.717) is 16.8 Å². The molecule has 2 aromatic heterocycles. The molecule has 1 unspecified atom stereocenters. The first-order chi connectivity index (χ1) is 12.1. The molecule has 1 aliphatic rings. The number of carbonyl (C=O) groups excluding carboxylic acids is 1. The normalized spacial score (nSPS) is 15.9. The number of pyridine rings is 1. The summed E-state index contributed by atoms with van der Waals surface area (Å²) in [5, 5.41) is 20.5. The number of anilines is 1. The number of carbonyl (C=O) groups is 1. The van der Waals surface area contributed by atoms with Gasteiger partial charge in [-0.1, -0.05) is 11.3 Å². The summed E-state index contributed by atoms with van der Waals surface area (Å²) in [6, 6.07) is 8.88. The van der Waals surface area contributed by atoms with Crippen molar-refractivity contribution in [1.29, 1.82) is 0 Å². The van der Waals surface area contributed by atoms with Crippen LogP contribution >= 0.6 is 0 Å². The van der Waals surface area contributed by atoms with Crippen LogP contribution in [0.3, 0.4) is 0 Å². The molecule has 3 heterocycles. The van der Waals surface area contributed by atoms with Crippen LogP contribution in [0.4, 0.5) is 5.69 Å². The predicted molar refractivity (Wildman–Crippen MR) is 90.7 cm³/mol. The lowest BCUT2D eigenvalue weighted by Crippen LogP contribution is -2.28. The second kappa shape index (κ2) is 6.12. The summed E-state index contributed by atoms with van der Waals surface area (Å²) in [7, 11) is -0.978. The molecule has 0 fully saturated rings. The van der Waals surface area contributed by atoms with Crippen molar-refractivity contribution in [2.75, 3.05) is 5.32 Å². The summed E-state index contributed by atoms with van der Waals surface area (Å²) in [5.41, 5.74) is 3.00. The monoisotopic (exact) mass is 335 g/mol. The third kappa shape index (κ3) is 2.90. The summed E-state index contributed by atoms with van der Waals surface area (Å²) < 4.78 is 6.82. The van der Waals surface area contributed by atoms with Gasteiger partial charge in [0.15, 0.2) is 5.69 Å². The Kier molecular flexibility index (Phi) is 3.79. The number of amides is 1. The van der Waals surface area contributed by atoms with Crippen molar-refractivity contribution in [1.82, 2.24) is 20.0 Å². The third-order valence-corrected chi connectivity index (χ3v) is 4.02. The van der Waals surface area contributed by atoms with Crippen molar-refractivity contribution in [3.8, 4) is 5.69 Å². The largest absolute Gasteiger partial charge is 0.492 e. The lowest BCUT2D eigenvalue weighted by molar-refractivity contribution is 0.102. The molecular weight excluding hydrogens is 321 g/mol. The van der Waals surface area contributed by atoms with E-state index in [1.807, 2.05) is 19.1 Å². The van der Waals surface area contributed by atoms with Crippen molar-refractivity contribution in [2.45, 2.75) is 13.0 Å².